The van der Waals surface area contributed by atoms with E-state index < -0.39 is 0 Å². The summed E-state index contributed by atoms with van der Waals surface area (Å²) in [5, 5.41) is 15.0. The SMILES string of the molecule is Cc1nc2sc([C@@H](c3cccc(F)c3)N3CCC(C)CC3)c(O)n2n1. The standard InChI is InChI=1S/C18H21FN4OS/c1-11-6-8-22(9-7-11)15(13-4-3-5-14(19)10-13)16-17(24)23-18(25-16)20-12(2)21-23/h3-5,10-11,15,24H,6-9H2,1-2H3/t15-/m1/s1. The van der Waals surface area contributed by atoms with Crippen LogP contribution in [0, 0.1) is 18.7 Å². The molecule has 1 atom stereocenters. The van der Waals surface area contributed by atoms with Crippen LogP contribution in [0.2, 0.25) is 0 Å². The number of thiazole rings is 1. The second-order valence-electron chi connectivity index (χ2n) is 6.82. The Kier molecular flexibility index (Phi) is 4.21. The number of hydrogen-bond acceptors (Lipinski definition) is 5. The summed E-state index contributed by atoms with van der Waals surface area (Å²) in [6.07, 6.45) is 2.21. The molecule has 0 radical (unpaired) electrons. The van der Waals surface area contributed by atoms with Crippen LogP contribution in [0.25, 0.3) is 4.96 Å². The molecule has 1 aromatic carbocycles. The van der Waals surface area contributed by atoms with Crippen molar-refractivity contribution < 1.29 is 9.50 Å². The first-order valence-electron chi connectivity index (χ1n) is 8.57. The third-order valence-corrected chi connectivity index (χ3v) is 5.97. The van der Waals surface area contributed by atoms with E-state index in [1.165, 1.54) is 21.9 Å². The second kappa shape index (κ2) is 6.38. The fourth-order valence-electron chi connectivity index (χ4n) is 3.52. The molecule has 0 unspecified atom stereocenters. The highest BCUT2D eigenvalue weighted by Gasteiger charge is 2.31. The van der Waals surface area contributed by atoms with E-state index in [-0.39, 0.29) is 17.7 Å². The topological polar surface area (TPSA) is 53.7 Å². The Balaban J connectivity index is 1.81. The molecule has 5 nitrogen and oxygen atoms in total. The normalized spacial score (nSPS) is 18.0. The Labute approximate surface area is 149 Å². The second-order valence-corrected chi connectivity index (χ2v) is 7.83. The van der Waals surface area contributed by atoms with Crippen LogP contribution >= 0.6 is 11.3 Å². The minimum absolute atomic E-state index is 0.105. The summed E-state index contributed by atoms with van der Waals surface area (Å²) in [5.41, 5.74) is 0.853. The maximum atomic E-state index is 13.9. The van der Waals surface area contributed by atoms with E-state index in [2.05, 4.69) is 21.9 Å². The number of piperidine rings is 1. The number of nitrogens with zero attached hydrogens (tertiary/aromatic N) is 4. The molecule has 0 amide bonds. The first-order valence-corrected chi connectivity index (χ1v) is 9.39. The molecule has 1 aliphatic rings. The minimum atomic E-state index is -0.261. The number of halogens is 1. The molecule has 2 aromatic heterocycles. The largest absolute Gasteiger partial charge is 0.492 e. The molecular weight excluding hydrogens is 339 g/mol. The number of rotatable bonds is 3. The Morgan fingerprint density at radius 1 is 1.32 bits per heavy atom. The Hall–Kier alpha value is -1.99. The van der Waals surface area contributed by atoms with Crippen molar-refractivity contribution in [2.45, 2.75) is 32.7 Å². The van der Waals surface area contributed by atoms with Gasteiger partial charge in [0, 0.05) is 0 Å². The van der Waals surface area contributed by atoms with Crippen molar-refractivity contribution in [3.8, 4) is 5.88 Å². The summed E-state index contributed by atoms with van der Waals surface area (Å²) >= 11 is 1.42. The maximum Gasteiger partial charge on any atom is 0.230 e. The lowest BCUT2D eigenvalue weighted by Crippen LogP contribution is -2.36. The van der Waals surface area contributed by atoms with Crippen molar-refractivity contribution in [3.05, 3.63) is 46.3 Å². The molecule has 0 aliphatic carbocycles. The summed E-state index contributed by atoms with van der Waals surface area (Å²) in [4.78, 5) is 8.13. The fourth-order valence-corrected chi connectivity index (χ4v) is 4.68. The van der Waals surface area contributed by atoms with Crippen molar-refractivity contribution >= 4 is 16.3 Å². The van der Waals surface area contributed by atoms with Crippen LogP contribution in [0.15, 0.2) is 24.3 Å². The monoisotopic (exact) mass is 360 g/mol. The molecule has 0 saturated carbocycles. The molecular formula is C18H21FN4OS. The van der Waals surface area contributed by atoms with Crippen molar-refractivity contribution in [2.75, 3.05) is 13.1 Å². The van der Waals surface area contributed by atoms with Crippen LogP contribution in [-0.2, 0) is 0 Å². The lowest BCUT2D eigenvalue weighted by atomic mass is 9.95. The molecule has 25 heavy (non-hydrogen) atoms. The first kappa shape index (κ1) is 16.5. The van der Waals surface area contributed by atoms with Crippen molar-refractivity contribution in [3.63, 3.8) is 0 Å². The number of hydrogen-bond donors (Lipinski definition) is 1. The third kappa shape index (κ3) is 3.02. The van der Waals surface area contributed by atoms with Crippen LogP contribution in [0.5, 0.6) is 5.88 Å². The first-order chi connectivity index (χ1) is 12.0. The van der Waals surface area contributed by atoms with Gasteiger partial charge in [-0.2, -0.15) is 4.52 Å². The highest BCUT2D eigenvalue weighted by atomic mass is 32.1. The van der Waals surface area contributed by atoms with Gasteiger partial charge in [-0.15, -0.1) is 5.10 Å². The molecule has 7 heteroatoms. The summed E-state index contributed by atoms with van der Waals surface area (Å²) < 4.78 is 15.3. The van der Waals surface area contributed by atoms with Crippen LogP contribution < -0.4 is 0 Å². The molecule has 0 bridgehead atoms. The van der Waals surface area contributed by atoms with E-state index in [0.717, 1.165) is 36.4 Å². The number of likely N-dealkylation sites (tertiary alicyclic amines) is 1. The van der Waals surface area contributed by atoms with Crippen LogP contribution in [0.1, 0.15) is 42.1 Å². The van der Waals surface area contributed by atoms with Crippen LogP contribution in [0.3, 0.4) is 0 Å². The van der Waals surface area contributed by atoms with Gasteiger partial charge in [0.15, 0.2) is 0 Å². The minimum Gasteiger partial charge on any atom is -0.492 e. The third-order valence-electron chi connectivity index (χ3n) is 4.90. The van der Waals surface area contributed by atoms with Gasteiger partial charge in [-0.25, -0.2) is 9.37 Å². The van der Waals surface area contributed by atoms with Crippen LogP contribution in [-0.4, -0.2) is 37.7 Å². The summed E-state index contributed by atoms with van der Waals surface area (Å²) in [5.74, 6) is 1.17. The average Bonchev–Trinajstić information content (AvgIpc) is 3.08. The molecule has 3 heterocycles. The van der Waals surface area contributed by atoms with E-state index in [9.17, 15) is 9.50 Å². The molecule has 0 spiro atoms. The fraction of sp³-hybridized carbons (Fsp3) is 0.444. The van der Waals surface area contributed by atoms with Crippen LogP contribution in [0.4, 0.5) is 4.39 Å². The van der Waals surface area contributed by atoms with E-state index >= 15 is 0 Å². The van der Waals surface area contributed by atoms with Gasteiger partial charge in [-0.05, 0) is 56.5 Å². The van der Waals surface area contributed by atoms with Gasteiger partial charge < -0.3 is 5.11 Å². The lowest BCUT2D eigenvalue weighted by Gasteiger charge is -2.36. The Bertz CT molecular complexity index is 898. The maximum absolute atomic E-state index is 13.9. The highest BCUT2D eigenvalue weighted by Crippen LogP contribution is 2.41. The lowest BCUT2D eigenvalue weighted by molar-refractivity contribution is 0.157. The zero-order valence-corrected chi connectivity index (χ0v) is 15.1. The van der Waals surface area contributed by atoms with E-state index in [0.29, 0.717) is 16.7 Å². The van der Waals surface area contributed by atoms with Gasteiger partial charge in [0.05, 0.1) is 10.9 Å². The zero-order chi connectivity index (χ0) is 17.6. The zero-order valence-electron chi connectivity index (χ0n) is 14.3. The number of fused-ring (bicyclic) bond motifs is 1. The molecule has 1 saturated heterocycles. The number of aromatic nitrogens is 3. The highest BCUT2D eigenvalue weighted by molar-refractivity contribution is 7.17. The van der Waals surface area contributed by atoms with Crippen molar-refractivity contribution in [1.82, 2.24) is 19.5 Å². The summed E-state index contributed by atoms with van der Waals surface area (Å²) in [6, 6.07) is 6.47. The van der Waals surface area contributed by atoms with Gasteiger partial charge >= 0.3 is 0 Å². The molecule has 1 aliphatic heterocycles. The van der Waals surface area contributed by atoms with E-state index in [1.54, 1.807) is 19.1 Å². The summed E-state index contributed by atoms with van der Waals surface area (Å²) in [6.45, 7) is 5.91. The molecule has 3 aromatic rings. The Morgan fingerprint density at radius 3 is 2.76 bits per heavy atom. The quantitative estimate of drug-likeness (QED) is 0.773. The van der Waals surface area contributed by atoms with Crippen molar-refractivity contribution in [1.29, 1.82) is 0 Å². The van der Waals surface area contributed by atoms with E-state index in [1.807, 2.05) is 6.07 Å². The van der Waals surface area contributed by atoms with E-state index in [4.69, 9.17) is 0 Å². The molecule has 132 valence electrons. The van der Waals surface area contributed by atoms with Gasteiger partial charge in [0.2, 0.25) is 10.8 Å². The molecule has 4 rings (SSSR count). The number of benzene rings is 1. The Morgan fingerprint density at radius 2 is 2.08 bits per heavy atom. The van der Waals surface area contributed by atoms with Gasteiger partial charge in [-0.3, -0.25) is 4.90 Å². The number of aryl methyl sites for hydroxylation is 1. The van der Waals surface area contributed by atoms with Gasteiger partial charge in [0.1, 0.15) is 11.6 Å². The number of aromatic hydroxyl groups is 1. The van der Waals surface area contributed by atoms with Gasteiger partial charge in [0.25, 0.3) is 0 Å². The molecule has 1 fully saturated rings. The average molecular weight is 360 g/mol. The predicted octanol–water partition coefficient (Wildman–Crippen LogP) is 3.77. The summed E-state index contributed by atoms with van der Waals surface area (Å²) in [7, 11) is 0. The smallest absolute Gasteiger partial charge is 0.230 e. The predicted molar refractivity (Wildman–Crippen MR) is 95.5 cm³/mol. The van der Waals surface area contributed by atoms with Crippen molar-refractivity contribution in [2.24, 2.45) is 5.92 Å². The van der Waals surface area contributed by atoms with Gasteiger partial charge in [-0.1, -0.05) is 30.4 Å². The molecule has 1 N–H and O–H groups in total.